The van der Waals surface area contributed by atoms with E-state index in [1.54, 1.807) is 0 Å². The van der Waals surface area contributed by atoms with Gasteiger partial charge in [-0.05, 0) is 57.2 Å². The number of fused-ring (bicyclic) bond motifs is 1. The Hall–Kier alpha value is -1.23. The summed E-state index contributed by atoms with van der Waals surface area (Å²) in [4.78, 5) is 9.21. The van der Waals surface area contributed by atoms with E-state index in [9.17, 15) is 4.39 Å². The zero-order valence-corrected chi connectivity index (χ0v) is 20.1. The molecule has 2 heterocycles. The van der Waals surface area contributed by atoms with Crippen LogP contribution in [0.4, 0.5) is 4.39 Å². The maximum absolute atomic E-state index is 13.9. The molecule has 28 heavy (non-hydrogen) atoms. The van der Waals surface area contributed by atoms with Gasteiger partial charge in [-0.15, -0.1) is 24.0 Å². The summed E-state index contributed by atoms with van der Waals surface area (Å²) in [7, 11) is 0. The fourth-order valence-electron chi connectivity index (χ4n) is 3.27. The molecule has 0 saturated heterocycles. The second-order valence-electron chi connectivity index (χ2n) is 6.68. The Kier molecular flexibility index (Phi) is 9.13. The standard InChI is InChI=1S/C19H26BrFN6.HI/c1-3-22-19(23-10-4-6-14-8-9-15(20)12-16(14)21)25-17-7-5-11-27-18(17)24-13(2)26-27;/h8-9,12,17H,3-7,10-11H2,1-2H3,(H2,22,23,25);1H. The highest BCUT2D eigenvalue weighted by molar-refractivity contribution is 14.0. The van der Waals surface area contributed by atoms with Crippen LogP contribution in [0.3, 0.4) is 0 Å². The molecule has 0 radical (unpaired) electrons. The minimum absolute atomic E-state index is 0. The van der Waals surface area contributed by atoms with Gasteiger partial charge < -0.3 is 10.6 Å². The lowest BCUT2D eigenvalue weighted by Crippen LogP contribution is -2.41. The van der Waals surface area contributed by atoms with Crippen molar-refractivity contribution >= 4 is 45.9 Å². The molecule has 9 heteroatoms. The first-order chi connectivity index (χ1) is 13.1. The first-order valence-electron chi connectivity index (χ1n) is 9.47. The van der Waals surface area contributed by atoms with Crippen molar-refractivity contribution in [3.8, 4) is 0 Å². The van der Waals surface area contributed by atoms with Crippen LogP contribution < -0.4 is 10.6 Å². The first-order valence-corrected chi connectivity index (χ1v) is 10.3. The Labute approximate surface area is 190 Å². The molecule has 0 aliphatic carbocycles. The number of hydrogen-bond acceptors (Lipinski definition) is 3. The van der Waals surface area contributed by atoms with Crippen molar-refractivity contribution in [2.75, 3.05) is 13.1 Å². The van der Waals surface area contributed by atoms with Crippen LogP contribution in [0.2, 0.25) is 0 Å². The third-order valence-corrected chi connectivity index (χ3v) is 5.02. The van der Waals surface area contributed by atoms with Gasteiger partial charge in [0.2, 0.25) is 0 Å². The Morgan fingerprint density at radius 1 is 1.43 bits per heavy atom. The van der Waals surface area contributed by atoms with E-state index < -0.39 is 0 Å². The summed E-state index contributed by atoms with van der Waals surface area (Å²) in [6, 6.07) is 5.31. The van der Waals surface area contributed by atoms with Crippen LogP contribution in [-0.2, 0) is 13.0 Å². The highest BCUT2D eigenvalue weighted by Gasteiger charge is 2.24. The van der Waals surface area contributed by atoms with Crippen LogP contribution in [0.5, 0.6) is 0 Å². The number of benzene rings is 1. The first kappa shape index (κ1) is 23.1. The number of guanidine groups is 1. The van der Waals surface area contributed by atoms with Crippen molar-refractivity contribution in [2.45, 2.75) is 52.1 Å². The topological polar surface area (TPSA) is 67.1 Å². The molecular formula is C19H27BrFIN6. The van der Waals surface area contributed by atoms with E-state index >= 15 is 0 Å². The largest absolute Gasteiger partial charge is 0.357 e. The number of halogens is 3. The second kappa shape index (κ2) is 11.1. The molecule has 0 fully saturated rings. The molecule has 2 N–H and O–H groups in total. The predicted octanol–water partition coefficient (Wildman–Crippen LogP) is 4.13. The van der Waals surface area contributed by atoms with E-state index in [0.29, 0.717) is 13.0 Å². The molecule has 1 aliphatic heterocycles. The van der Waals surface area contributed by atoms with E-state index in [2.05, 4.69) is 41.6 Å². The minimum Gasteiger partial charge on any atom is -0.357 e. The van der Waals surface area contributed by atoms with E-state index in [1.165, 1.54) is 6.07 Å². The fourth-order valence-corrected chi connectivity index (χ4v) is 3.61. The van der Waals surface area contributed by atoms with Gasteiger partial charge in [0.05, 0.1) is 6.04 Å². The van der Waals surface area contributed by atoms with Gasteiger partial charge in [-0.1, -0.05) is 22.0 Å². The van der Waals surface area contributed by atoms with Gasteiger partial charge in [-0.3, -0.25) is 4.99 Å². The summed E-state index contributed by atoms with van der Waals surface area (Å²) in [5.41, 5.74) is 0.724. The molecule has 0 bridgehead atoms. The Morgan fingerprint density at radius 3 is 3.00 bits per heavy atom. The lowest BCUT2D eigenvalue weighted by atomic mass is 10.1. The molecule has 3 rings (SSSR count). The maximum atomic E-state index is 13.9. The molecule has 1 aromatic heterocycles. The van der Waals surface area contributed by atoms with Gasteiger partial charge in [-0.2, -0.15) is 5.10 Å². The monoisotopic (exact) mass is 564 g/mol. The van der Waals surface area contributed by atoms with E-state index in [-0.39, 0.29) is 35.8 Å². The summed E-state index contributed by atoms with van der Waals surface area (Å²) in [6.07, 6.45) is 3.52. The molecule has 154 valence electrons. The molecule has 6 nitrogen and oxygen atoms in total. The summed E-state index contributed by atoms with van der Waals surface area (Å²) >= 11 is 3.28. The average Bonchev–Trinajstić information content (AvgIpc) is 3.01. The summed E-state index contributed by atoms with van der Waals surface area (Å²) in [5.74, 6) is 2.38. The highest BCUT2D eigenvalue weighted by Crippen LogP contribution is 2.22. The second-order valence-corrected chi connectivity index (χ2v) is 7.60. The quantitative estimate of drug-likeness (QED) is 0.240. The number of nitrogens with one attached hydrogen (secondary N) is 2. The number of nitrogens with zero attached hydrogens (tertiary/aromatic N) is 4. The van der Waals surface area contributed by atoms with E-state index in [1.807, 2.05) is 30.7 Å². The van der Waals surface area contributed by atoms with Crippen molar-refractivity contribution in [2.24, 2.45) is 4.99 Å². The van der Waals surface area contributed by atoms with Gasteiger partial charge in [0.15, 0.2) is 5.96 Å². The van der Waals surface area contributed by atoms with Crippen LogP contribution in [0.1, 0.15) is 49.4 Å². The molecule has 0 amide bonds. The molecule has 1 unspecified atom stereocenters. The molecule has 1 aliphatic rings. The number of rotatable bonds is 6. The van der Waals surface area contributed by atoms with E-state index in [4.69, 9.17) is 0 Å². The Bertz CT molecular complexity index is 810. The van der Waals surface area contributed by atoms with Crippen molar-refractivity contribution in [1.82, 2.24) is 25.4 Å². The highest BCUT2D eigenvalue weighted by atomic mass is 127. The lowest BCUT2D eigenvalue weighted by Gasteiger charge is -2.25. The van der Waals surface area contributed by atoms with Crippen molar-refractivity contribution in [1.29, 1.82) is 0 Å². The summed E-state index contributed by atoms with van der Waals surface area (Å²) < 4.78 is 16.6. The van der Waals surface area contributed by atoms with Crippen molar-refractivity contribution < 1.29 is 4.39 Å². The third-order valence-electron chi connectivity index (χ3n) is 4.53. The molecular weight excluding hydrogens is 538 g/mol. The molecule has 0 saturated carbocycles. The smallest absolute Gasteiger partial charge is 0.191 e. The number of aromatic nitrogens is 3. The van der Waals surface area contributed by atoms with Crippen LogP contribution in [0.25, 0.3) is 0 Å². The Morgan fingerprint density at radius 2 is 2.25 bits per heavy atom. The summed E-state index contributed by atoms with van der Waals surface area (Å²) in [5, 5.41) is 11.2. The zero-order chi connectivity index (χ0) is 19.2. The van der Waals surface area contributed by atoms with Gasteiger partial charge in [0, 0.05) is 24.1 Å². The van der Waals surface area contributed by atoms with Crippen molar-refractivity contribution in [3.05, 3.63) is 45.7 Å². The van der Waals surface area contributed by atoms with Crippen molar-refractivity contribution in [3.63, 3.8) is 0 Å². The number of hydrogen-bond donors (Lipinski definition) is 2. The van der Waals surface area contributed by atoms with Gasteiger partial charge in [0.1, 0.15) is 17.5 Å². The van der Waals surface area contributed by atoms with Gasteiger partial charge >= 0.3 is 0 Å². The number of aliphatic imine (C=N–C) groups is 1. The van der Waals surface area contributed by atoms with Crippen LogP contribution >= 0.6 is 39.9 Å². The van der Waals surface area contributed by atoms with Gasteiger partial charge in [0.25, 0.3) is 0 Å². The molecule has 1 atom stereocenters. The van der Waals surface area contributed by atoms with E-state index in [0.717, 1.165) is 60.0 Å². The minimum atomic E-state index is -0.171. The maximum Gasteiger partial charge on any atom is 0.191 e. The molecule has 2 aromatic rings. The molecule has 1 aromatic carbocycles. The lowest BCUT2D eigenvalue weighted by molar-refractivity contribution is 0.397. The third kappa shape index (κ3) is 6.13. The van der Waals surface area contributed by atoms with Crippen LogP contribution in [0, 0.1) is 12.7 Å². The zero-order valence-electron chi connectivity index (χ0n) is 16.2. The normalized spacial score (nSPS) is 16.3. The van der Waals surface area contributed by atoms with Crippen LogP contribution in [-0.4, -0.2) is 33.8 Å². The number of aryl methyl sites for hydroxylation is 3. The van der Waals surface area contributed by atoms with Crippen LogP contribution in [0.15, 0.2) is 27.7 Å². The SMILES string of the molecule is CCNC(=NCCCc1ccc(Br)cc1F)NC1CCCn2nc(C)nc21.I. The fraction of sp³-hybridized carbons (Fsp3) is 0.526. The van der Waals surface area contributed by atoms with Gasteiger partial charge in [-0.25, -0.2) is 14.1 Å². The summed E-state index contributed by atoms with van der Waals surface area (Å²) in [6.45, 7) is 6.29. The predicted molar refractivity (Wildman–Crippen MR) is 124 cm³/mol. The average molecular weight is 565 g/mol. The molecule has 0 spiro atoms. The Balaban J connectivity index is 0.00000280.